The lowest BCUT2D eigenvalue weighted by molar-refractivity contribution is 0.225. The summed E-state index contributed by atoms with van der Waals surface area (Å²) in [6, 6.07) is 19.7. The van der Waals surface area contributed by atoms with Crippen LogP contribution in [0.25, 0.3) is 11.3 Å². The molecule has 0 saturated carbocycles. The molecule has 0 spiro atoms. The van der Waals surface area contributed by atoms with Gasteiger partial charge in [0.1, 0.15) is 5.75 Å². The molecule has 0 unspecified atom stereocenters. The minimum atomic E-state index is 0.114. The SMILES string of the molecule is CCCCCN(CCc1ccccc1)Cc1c(OC(C)C)cc(-c2c(CC)cccc2CC)nc1C. The Balaban J connectivity index is 1.96. The van der Waals surface area contributed by atoms with E-state index in [0.29, 0.717) is 0 Å². The first kappa shape index (κ1) is 27.9. The van der Waals surface area contributed by atoms with Crippen LogP contribution >= 0.6 is 0 Å². The number of unbranched alkanes of at least 4 members (excludes halogenated alkanes) is 2. The average Bonchev–Trinajstić information content (AvgIpc) is 2.88. The minimum absolute atomic E-state index is 0.114. The van der Waals surface area contributed by atoms with E-state index in [4.69, 9.17) is 9.72 Å². The third-order valence-corrected chi connectivity index (χ3v) is 6.93. The van der Waals surface area contributed by atoms with Crippen molar-refractivity contribution in [3.63, 3.8) is 0 Å². The van der Waals surface area contributed by atoms with Gasteiger partial charge in [-0.25, -0.2) is 0 Å². The molecule has 1 aromatic heterocycles. The minimum Gasteiger partial charge on any atom is -0.491 e. The molecule has 3 aromatic rings. The Morgan fingerprint density at radius 2 is 1.56 bits per heavy atom. The van der Waals surface area contributed by atoms with E-state index < -0.39 is 0 Å². The topological polar surface area (TPSA) is 25.4 Å². The van der Waals surface area contributed by atoms with E-state index in [0.717, 1.165) is 56.0 Å². The second-order valence-electron chi connectivity index (χ2n) is 10.1. The van der Waals surface area contributed by atoms with Gasteiger partial charge in [0.25, 0.3) is 0 Å². The highest BCUT2D eigenvalue weighted by Gasteiger charge is 2.19. The lowest BCUT2D eigenvalue weighted by atomic mass is 9.94. The summed E-state index contributed by atoms with van der Waals surface area (Å²) in [5.41, 5.74) is 8.74. The molecule has 0 fully saturated rings. The number of aryl methyl sites for hydroxylation is 3. The molecule has 194 valence electrons. The van der Waals surface area contributed by atoms with Crippen LogP contribution in [0, 0.1) is 6.92 Å². The van der Waals surface area contributed by atoms with Crippen molar-refractivity contribution in [1.29, 1.82) is 0 Å². The Morgan fingerprint density at radius 3 is 2.17 bits per heavy atom. The van der Waals surface area contributed by atoms with Crippen molar-refractivity contribution in [2.45, 2.75) is 92.7 Å². The van der Waals surface area contributed by atoms with Crippen LogP contribution in [-0.2, 0) is 25.8 Å². The van der Waals surface area contributed by atoms with Crippen LogP contribution in [0.15, 0.2) is 54.6 Å². The fourth-order valence-electron chi connectivity index (χ4n) is 4.93. The van der Waals surface area contributed by atoms with Crippen LogP contribution < -0.4 is 4.74 Å². The molecule has 0 amide bonds. The summed E-state index contributed by atoms with van der Waals surface area (Å²) < 4.78 is 6.46. The molecule has 0 aliphatic carbocycles. The number of hydrogen-bond donors (Lipinski definition) is 0. The zero-order valence-corrected chi connectivity index (χ0v) is 23.4. The molecule has 0 bridgehead atoms. The molecule has 1 heterocycles. The quantitative estimate of drug-likeness (QED) is 0.215. The van der Waals surface area contributed by atoms with Crippen LogP contribution in [0.5, 0.6) is 5.75 Å². The first-order valence-electron chi connectivity index (χ1n) is 14.0. The van der Waals surface area contributed by atoms with Gasteiger partial charge in [-0.05, 0) is 69.7 Å². The molecule has 36 heavy (non-hydrogen) atoms. The zero-order chi connectivity index (χ0) is 25.9. The summed E-state index contributed by atoms with van der Waals surface area (Å²) in [4.78, 5) is 7.78. The van der Waals surface area contributed by atoms with E-state index in [1.807, 2.05) is 0 Å². The Kier molecular flexibility index (Phi) is 11.0. The van der Waals surface area contributed by atoms with Crippen LogP contribution in [-0.4, -0.2) is 29.1 Å². The van der Waals surface area contributed by atoms with Crippen molar-refractivity contribution < 1.29 is 4.74 Å². The van der Waals surface area contributed by atoms with Crippen molar-refractivity contribution in [1.82, 2.24) is 9.88 Å². The van der Waals surface area contributed by atoms with Crippen molar-refractivity contribution in [3.05, 3.63) is 82.5 Å². The van der Waals surface area contributed by atoms with Crippen LogP contribution in [0.1, 0.15) is 81.8 Å². The predicted molar refractivity (Wildman–Crippen MR) is 154 cm³/mol. The molecule has 0 aliphatic rings. The van der Waals surface area contributed by atoms with Crippen molar-refractivity contribution in [3.8, 4) is 17.0 Å². The highest BCUT2D eigenvalue weighted by Crippen LogP contribution is 2.34. The number of hydrogen-bond acceptors (Lipinski definition) is 3. The van der Waals surface area contributed by atoms with Gasteiger partial charge in [-0.3, -0.25) is 9.88 Å². The second kappa shape index (κ2) is 14.2. The van der Waals surface area contributed by atoms with Gasteiger partial charge in [-0.15, -0.1) is 0 Å². The summed E-state index contributed by atoms with van der Waals surface area (Å²) in [5, 5.41) is 0. The number of aromatic nitrogens is 1. The smallest absolute Gasteiger partial charge is 0.128 e. The number of benzene rings is 2. The molecular formula is C33H46N2O. The van der Waals surface area contributed by atoms with Crippen LogP contribution in [0.3, 0.4) is 0 Å². The molecule has 3 heteroatoms. The molecular weight excluding hydrogens is 440 g/mol. The van der Waals surface area contributed by atoms with Crippen molar-refractivity contribution in [2.24, 2.45) is 0 Å². The van der Waals surface area contributed by atoms with E-state index in [2.05, 4.69) is 101 Å². The Morgan fingerprint density at radius 1 is 0.861 bits per heavy atom. The molecule has 0 radical (unpaired) electrons. The summed E-state index contributed by atoms with van der Waals surface area (Å²) >= 11 is 0. The summed E-state index contributed by atoms with van der Waals surface area (Å²) in [7, 11) is 0. The number of ether oxygens (including phenoxy) is 1. The predicted octanol–water partition coefficient (Wildman–Crippen LogP) is 8.20. The zero-order valence-electron chi connectivity index (χ0n) is 23.4. The highest BCUT2D eigenvalue weighted by atomic mass is 16.5. The Bertz CT molecular complexity index is 1050. The normalized spacial score (nSPS) is 11.4. The van der Waals surface area contributed by atoms with Gasteiger partial charge in [0, 0.05) is 36.0 Å². The third-order valence-electron chi connectivity index (χ3n) is 6.93. The Labute approximate surface area is 219 Å². The molecule has 3 nitrogen and oxygen atoms in total. The maximum Gasteiger partial charge on any atom is 0.128 e. The van der Waals surface area contributed by atoms with Crippen LogP contribution in [0.2, 0.25) is 0 Å². The van der Waals surface area contributed by atoms with Crippen molar-refractivity contribution in [2.75, 3.05) is 13.1 Å². The number of pyridine rings is 1. The average molecular weight is 487 g/mol. The van der Waals surface area contributed by atoms with E-state index >= 15 is 0 Å². The van der Waals surface area contributed by atoms with Crippen molar-refractivity contribution >= 4 is 0 Å². The second-order valence-corrected chi connectivity index (χ2v) is 10.1. The van der Waals surface area contributed by atoms with E-state index in [1.54, 1.807) is 0 Å². The molecule has 2 aromatic carbocycles. The monoisotopic (exact) mass is 486 g/mol. The number of rotatable bonds is 14. The van der Waals surface area contributed by atoms with Gasteiger partial charge < -0.3 is 4.74 Å². The summed E-state index contributed by atoms with van der Waals surface area (Å²) in [5.74, 6) is 0.987. The molecule has 0 aliphatic heterocycles. The molecule has 0 saturated heterocycles. The van der Waals surface area contributed by atoms with Gasteiger partial charge in [0.15, 0.2) is 0 Å². The lowest BCUT2D eigenvalue weighted by Gasteiger charge is -2.26. The first-order valence-corrected chi connectivity index (χ1v) is 14.0. The maximum absolute atomic E-state index is 6.46. The van der Waals surface area contributed by atoms with E-state index in [9.17, 15) is 0 Å². The van der Waals surface area contributed by atoms with Crippen LogP contribution in [0.4, 0.5) is 0 Å². The molecule has 3 rings (SSSR count). The van der Waals surface area contributed by atoms with Gasteiger partial charge in [-0.1, -0.05) is 82.1 Å². The fraction of sp³-hybridized carbons (Fsp3) is 0.485. The molecule has 0 atom stereocenters. The largest absolute Gasteiger partial charge is 0.491 e. The van der Waals surface area contributed by atoms with Gasteiger partial charge in [0.2, 0.25) is 0 Å². The van der Waals surface area contributed by atoms with E-state index in [1.165, 1.54) is 47.1 Å². The number of nitrogens with zero attached hydrogens (tertiary/aromatic N) is 2. The third kappa shape index (κ3) is 7.67. The van der Waals surface area contributed by atoms with Gasteiger partial charge in [-0.2, -0.15) is 0 Å². The van der Waals surface area contributed by atoms with E-state index in [-0.39, 0.29) is 6.10 Å². The fourth-order valence-corrected chi connectivity index (χ4v) is 4.93. The Hall–Kier alpha value is -2.65. The maximum atomic E-state index is 6.46. The van der Waals surface area contributed by atoms with Gasteiger partial charge >= 0.3 is 0 Å². The van der Waals surface area contributed by atoms with Gasteiger partial charge in [0.05, 0.1) is 11.8 Å². The highest BCUT2D eigenvalue weighted by molar-refractivity contribution is 5.70. The summed E-state index contributed by atoms with van der Waals surface area (Å²) in [6.07, 6.45) is 6.89. The summed E-state index contributed by atoms with van der Waals surface area (Å²) in [6.45, 7) is 16.1. The molecule has 0 N–H and O–H groups in total. The first-order chi connectivity index (χ1) is 17.5. The standard InChI is InChI=1S/C33H46N2O/c1-7-10-14-21-35(22-20-27-16-12-11-13-17-27)24-30-26(6)34-31(23-32(30)36-25(4)5)33-28(8-2)18-15-19-29(33)9-3/h11-13,15-19,23,25H,7-10,14,20-22,24H2,1-6H3. The lowest BCUT2D eigenvalue weighted by Crippen LogP contribution is -2.28.